The van der Waals surface area contributed by atoms with Crippen LogP contribution < -0.4 is 20.1 Å². The first-order valence-corrected chi connectivity index (χ1v) is 10.1. The molecule has 0 unspecified atom stereocenters. The third kappa shape index (κ3) is 4.82. The van der Waals surface area contributed by atoms with E-state index in [0.29, 0.717) is 18.0 Å². The molecule has 1 aliphatic heterocycles. The van der Waals surface area contributed by atoms with Gasteiger partial charge >= 0.3 is 5.69 Å². The van der Waals surface area contributed by atoms with Crippen LogP contribution in [0, 0.1) is 10.1 Å². The van der Waals surface area contributed by atoms with Crippen molar-refractivity contribution >= 4 is 23.0 Å². The van der Waals surface area contributed by atoms with E-state index in [-0.39, 0.29) is 24.1 Å². The molecule has 0 fully saturated rings. The third-order valence-corrected chi connectivity index (χ3v) is 4.94. The number of rotatable bonds is 9. The Bertz CT molecular complexity index is 1070. The van der Waals surface area contributed by atoms with Crippen molar-refractivity contribution in [3.05, 3.63) is 70.0 Å². The summed E-state index contributed by atoms with van der Waals surface area (Å²) in [4.78, 5) is 19.5. The summed E-state index contributed by atoms with van der Waals surface area (Å²) in [7, 11) is 0. The number of fused-ring (bicyclic) bond motifs is 1. The average Bonchev–Trinajstić information content (AvgIpc) is 3.25. The smallest absolute Gasteiger partial charge is 0.353 e. The van der Waals surface area contributed by atoms with E-state index in [9.17, 15) is 10.1 Å². The molecule has 0 aliphatic carbocycles. The number of nitrogens with one attached hydrogen (secondary N) is 2. The molecule has 0 saturated heterocycles. The number of ether oxygens (including phenoxy) is 2. The van der Waals surface area contributed by atoms with E-state index in [4.69, 9.17) is 9.47 Å². The van der Waals surface area contributed by atoms with Gasteiger partial charge in [-0.15, -0.1) is 0 Å². The first-order valence-electron chi connectivity index (χ1n) is 10.1. The minimum Gasteiger partial charge on any atom is -0.454 e. The van der Waals surface area contributed by atoms with Gasteiger partial charge in [-0.05, 0) is 48.2 Å². The van der Waals surface area contributed by atoms with Gasteiger partial charge in [-0.3, -0.25) is 10.1 Å². The van der Waals surface area contributed by atoms with Crippen LogP contribution in [0.2, 0.25) is 0 Å². The molecule has 3 aromatic rings. The van der Waals surface area contributed by atoms with E-state index in [1.165, 1.54) is 11.9 Å². The summed E-state index contributed by atoms with van der Waals surface area (Å²) >= 11 is 0. The molecule has 0 amide bonds. The lowest BCUT2D eigenvalue weighted by Gasteiger charge is -2.11. The van der Waals surface area contributed by atoms with E-state index in [1.807, 2.05) is 42.5 Å². The molecular formula is C22H23N5O4. The van der Waals surface area contributed by atoms with Crippen molar-refractivity contribution in [3.8, 4) is 11.5 Å². The number of anilines is 3. The molecule has 0 atom stereocenters. The maximum Gasteiger partial charge on any atom is 0.353 e. The Hall–Kier alpha value is -3.88. The fourth-order valence-corrected chi connectivity index (χ4v) is 3.28. The maximum atomic E-state index is 11.8. The minimum atomic E-state index is -0.486. The zero-order valence-electron chi connectivity index (χ0n) is 17.1. The normalized spacial score (nSPS) is 11.9. The summed E-state index contributed by atoms with van der Waals surface area (Å²) in [6.45, 7) is 2.68. The largest absolute Gasteiger partial charge is 0.454 e. The molecule has 9 nitrogen and oxygen atoms in total. The van der Waals surface area contributed by atoms with Crippen LogP contribution in [-0.2, 0) is 13.0 Å². The van der Waals surface area contributed by atoms with E-state index >= 15 is 0 Å². The zero-order chi connectivity index (χ0) is 21.6. The van der Waals surface area contributed by atoms with Crippen molar-refractivity contribution in [1.82, 2.24) is 9.97 Å². The molecule has 4 rings (SSSR count). The molecule has 2 heterocycles. The van der Waals surface area contributed by atoms with Crippen molar-refractivity contribution in [2.75, 3.05) is 17.4 Å². The molecule has 1 aliphatic rings. The van der Waals surface area contributed by atoms with Crippen molar-refractivity contribution in [3.63, 3.8) is 0 Å². The predicted molar refractivity (Wildman–Crippen MR) is 117 cm³/mol. The van der Waals surface area contributed by atoms with Gasteiger partial charge in [0.25, 0.3) is 0 Å². The Morgan fingerprint density at radius 2 is 1.77 bits per heavy atom. The second-order valence-corrected chi connectivity index (χ2v) is 7.14. The number of hydrogen-bond donors (Lipinski definition) is 2. The van der Waals surface area contributed by atoms with Crippen LogP contribution in [0.15, 0.2) is 48.8 Å². The lowest BCUT2D eigenvalue weighted by molar-refractivity contribution is -0.383. The first-order chi connectivity index (χ1) is 15.1. The van der Waals surface area contributed by atoms with E-state index in [2.05, 4.69) is 27.5 Å². The van der Waals surface area contributed by atoms with Crippen LogP contribution >= 0.6 is 0 Å². The highest BCUT2D eigenvalue weighted by Gasteiger charge is 2.23. The number of benzene rings is 2. The summed E-state index contributed by atoms with van der Waals surface area (Å²) in [6.07, 6.45) is 4.57. The fraction of sp³-hybridized carbons (Fsp3) is 0.273. The van der Waals surface area contributed by atoms with Gasteiger partial charge in [0.1, 0.15) is 6.33 Å². The lowest BCUT2D eigenvalue weighted by atomic mass is 10.1. The number of hydrogen-bond acceptors (Lipinski definition) is 8. The highest BCUT2D eigenvalue weighted by atomic mass is 16.7. The van der Waals surface area contributed by atoms with Gasteiger partial charge in [0.05, 0.1) is 4.92 Å². The van der Waals surface area contributed by atoms with Crippen LogP contribution in [0.3, 0.4) is 0 Å². The molecule has 2 aromatic carbocycles. The van der Waals surface area contributed by atoms with E-state index in [0.717, 1.165) is 30.5 Å². The summed E-state index contributed by atoms with van der Waals surface area (Å²) in [6, 6.07) is 13.3. The van der Waals surface area contributed by atoms with Crippen molar-refractivity contribution in [1.29, 1.82) is 0 Å². The maximum absolute atomic E-state index is 11.8. The molecule has 9 heteroatoms. The van der Waals surface area contributed by atoms with Gasteiger partial charge in [0, 0.05) is 12.2 Å². The highest BCUT2D eigenvalue weighted by Crippen LogP contribution is 2.34. The number of nitro groups is 1. The quantitative estimate of drug-likeness (QED) is 0.374. The van der Waals surface area contributed by atoms with Crippen molar-refractivity contribution in [2.45, 2.75) is 32.7 Å². The SMILES string of the molecule is CCCCc1ccc(Nc2ncnc(NCc3ccc4c(c3)OCO4)c2[N+](=O)[O-])cc1. The predicted octanol–water partition coefficient (Wildman–Crippen LogP) is 4.81. The van der Waals surface area contributed by atoms with Crippen LogP contribution in [0.5, 0.6) is 11.5 Å². The second-order valence-electron chi connectivity index (χ2n) is 7.14. The molecule has 0 saturated carbocycles. The fourth-order valence-electron chi connectivity index (χ4n) is 3.28. The minimum absolute atomic E-state index is 0.134. The molecule has 2 N–H and O–H groups in total. The van der Waals surface area contributed by atoms with Crippen LogP contribution in [0.25, 0.3) is 0 Å². The Balaban J connectivity index is 1.50. The number of aromatic nitrogens is 2. The van der Waals surface area contributed by atoms with Crippen LogP contribution in [-0.4, -0.2) is 21.7 Å². The molecule has 0 bridgehead atoms. The Kier molecular flexibility index (Phi) is 6.11. The van der Waals surface area contributed by atoms with Crippen molar-refractivity contribution < 1.29 is 14.4 Å². The van der Waals surface area contributed by atoms with Crippen LogP contribution in [0.4, 0.5) is 23.0 Å². The summed E-state index contributed by atoms with van der Waals surface area (Å²) < 4.78 is 10.7. The Morgan fingerprint density at radius 3 is 2.55 bits per heavy atom. The molecule has 1 aromatic heterocycles. The molecule has 160 valence electrons. The molecular weight excluding hydrogens is 398 g/mol. The van der Waals surface area contributed by atoms with Gasteiger partial charge in [-0.2, -0.15) is 0 Å². The number of aryl methyl sites for hydroxylation is 1. The highest BCUT2D eigenvalue weighted by molar-refractivity contribution is 5.73. The first kappa shape index (κ1) is 20.4. The molecule has 0 spiro atoms. The van der Waals surface area contributed by atoms with Crippen LogP contribution in [0.1, 0.15) is 30.9 Å². The number of unbranched alkanes of at least 4 members (excludes halogenated alkanes) is 1. The average molecular weight is 421 g/mol. The topological polar surface area (TPSA) is 111 Å². The Labute approximate surface area is 179 Å². The van der Waals surface area contributed by atoms with E-state index in [1.54, 1.807) is 0 Å². The van der Waals surface area contributed by atoms with Gasteiger partial charge in [0.15, 0.2) is 11.5 Å². The monoisotopic (exact) mass is 421 g/mol. The number of nitrogens with zero attached hydrogens (tertiary/aromatic N) is 3. The molecule has 0 radical (unpaired) electrons. The van der Waals surface area contributed by atoms with Gasteiger partial charge in [-0.25, -0.2) is 9.97 Å². The zero-order valence-corrected chi connectivity index (χ0v) is 17.1. The summed E-state index contributed by atoms with van der Waals surface area (Å²) in [5.41, 5.74) is 2.63. The van der Waals surface area contributed by atoms with Gasteiger partial charge in [-0.1, -0.05) is 31.5 Å². The molecule has 31 heavy (non-hydrogen) atoms. The van der Waals surface area contributed by atoms with E-state index < -0.39 is 4.92 Å². The lowest BCUT2D eigenvalue weighted by Crippen LogP contribution is -2.08. The third-order valence-electron chi connectivity index (χ3n) is 4.94. The van der Waals surface area contributed by atoms with Gasteiger partial charge in [0.2, 0.25) is 18.4 Å². The summed E-state index contributed by atoms with van der Waals surface area (Å²) in [5, 5.41) is 17.9. The summed E-state index contributed by atoms with van der Waals surface area (Å²) in [5.74, 6) is 1.61. The Morgan fingerprint density at radius 1 is 1.03 bits per heavy atom. The van der Waals surface area contributed by atoms with Gasteiger partial charge < -0.3 is 20.1 Å². The van der Waals surface area contributed by atoms with Crippen molar-refractivity contribution in [2.24, 2.45) is 0 Å². The second kappa shape index (κ2) is 9.29. The standard InChI is InChI=1S/C22H23N5O4/c1-2-3-4-15-5-8-17(9-6-15)26-22-20(27(28)29)21(24-13-25-22)23-12-16-7-10-18-19(11-16)31-14-30-18/h5-11,13H,2-4,12,14H2,1H3,(H2,23,24,25,26).